The van der Waals surface area contributed by atoms with Gasteiger partial charge in [-0.25, -0.2) is 13.1 Å². The second kappa shape index (κ2) is 19.8. The number of rotatable bonds is 13. The molecule has 73 heavy (non-hydrogen) atoms. The summed E-state index contributed by atoms with van der Waals surface area (Å²) in [5.74, 6) is 0.546. The van der Waals surface area contributed by atoms with Gasteiger partial charge in [-0.3, -0.25) is 19.8 Å². The van der Waals surface area contributed by atoms with Gasteiger partial charge < -0.3 is 29.4 Å². The normalized spacial score (nSPS) is 22.6. The monoisotopic (exact) mass is 1010 g/mol. The SMILES string of the molecule is CC(C)c1ccccc1[C@@H]1CCCN1C1CC2(CCN(c3ccc(C(=O)NS(=O)(=O)c4cc5c(c([N+](=O)[O-])c4)N[C@@H](C4CCC(C)(C)CC4)CO5)c(Oc4cc5cc[nH]c5nc4OC4CCCCC4)c3)CC2)C1. The summed E-state index contributed by atoms with van der Waals surface area (Å²) in [6, 6.07) is 21.1. The summed E-state index contributed by atoms with van der Waals surface area (Å²) in [5, 5.41) is 16.7. The molecule has 5 aromatic rings. The zero-order chi connectivity index (χ0) is 50.6. The van der Waals surface area contributed by atoms with Crippen LogP contribution >= 0.6 is 0 Å². The van der Waals surface area contributed by atoms with Crippen LogP contribution in [0, 0.1) is 26.9 Å². The Morgan fingerprint density at radius 3 is 2.42 bits per heavy atom. The molecule has 3 aliphatic carbocycles. The van der Waals surface area contributed by atoms with E-state index in [-0.39, 0.29) is 64.1 Å². The molecule has 6 aliphatic rings. The third-order valence-electron chi connectivity index (χ3n) is 17.5. The van der Waals surface area contributed by atoms with Crippen LogP contribution in [0.5, 0.6) is 23.1 Å². The van der Waals surface area contributed by atoms with Crippen LogP contribution in [0.1, 0.15) is 157 Å². The number of aromatic amines is 1. The Labute approximate surface area is 429 Å². The number of amides is 1. The van der Waals surface area contributed by atoms with Crippen molar-refractivity contribution < 1.29 is 32.3 Å². The van der Waals surface area contributed by atoms with Crippen molar-refractivity contribution in [3.63, 3.8) is 0 Å². The number of fused-ring (bicyclic) bond motifs is 2. The first-order valence-electron chi connectivity index (χ1n) is 27.0. The van der Waals surface area contributed by atoms with E-state index < -0.39 is 31.4 Å². The Morgan fingerprint density at radius 1 is 0.904 bits per heavy atom. The fourth-order valence-electron chi connectivity index (χ4n) is 13.1. The summed E-state index contributed by atoms with van der Waals surface area (Å²) in [7, 11) is -4.68. The molecule has 0 unspecified atom stereocenters. The molecule has 1 amide bonds. The zero-order valence-electron chi connectivity index (χ0n) is 42.8. The molecule has 5 fully saturated rings. The smallest absolute Gasteiger partial charge is 0.297 e. The molecule has 388 valence electrons. The lowest BCUT2D eigenvalue weighted by Crippen LogP contribution is -2.54. The maximum atomic E-state index is 14.5. The number of aromatic nitrogens is 2. The summed E-state index contributed by atoms with van der Waals surface area (Å²) < 4.78 is 50.1. The van der Waals surface area contributed by atoms with Gasteiger partial charge in [0.1, 0.15) is 24.1 Å². The van der Waals surface area contributed by atoms with Crippen molar-refractivity contribution in [3.8, 4) is 23.1 Å². The van der Waals surface area contributed by atoms with Gasteiger partial charge in [-0.05, 0) is 154 Å². The molecule has 3 aromatic carbocycles. The first-order chi connectivity index (χ1) is 35.1. The number of H-pyrrole nitrogens is 1. The second-order valence-electron chi connectivity index (χ2n) is 23.2. The highest BCUT2D eigenvalue weighted by Crippen LogP contribution is 2.55. The Balaban J connectivity index is 0.845. The first-order valence-corrected chi connectivity index (χ1v) is 28.4. The predicted molar refractivity (Wildman–Crippen MR) is 283 cm³/mol. The number of benzene rings is 3. The molecular formula is C57H71N7O8S. The van der Waals surface area contributed by atoms with E-state index >= 15 is 0 Å². The topological polar surface area (TPSA) is 181 Å². The average Bonchev–Trinajstić information content (AvgIpc) is 4.05. The van der Waals surface area contributed by atoms with Crippen LogP contribution in [0.4, 0.5) is 17.1 Å². The van der Waals surface area contributed by atoms with E-state index in [4.69, 9.17) is 19.2 Å². The quantitative estimate of drug-likeness (QED) is 0.0751. The number of piperidine rings is 1. The number of ether oxygens (including phenoxy) is 3. The van der Waals surface area contributed by atoms with Crippen molar-refractivity contribution in [3.05, 3.63) is 99.7 Å². The standard InChI is InChI=1S/C57H71N7O8S/c1-36(2)43-13-8-9-14-44(43)47-15-10-26-63(47)40-33-57(34-40)23-27-62(28-24-57)39-16-17-45(49(30-39)72-51-29-38-20-25-58-53(38)60-55(51)71-41-11-6-5-7-12-41)54(65)61-73(68,69)42-31-48(64(66)67)52-50(32-42)70-35-46(59-52)37-18-21-56(3,4)22-19-37/h8-9,13-14,16-17,20,25,29-32,36-37,40-41,46-47,59H,5-7,10-12,15,18-19,21-24,26-28,33-35H2,1-4H3,(H,58,60)(H,61,65)/t46-,47+/m1/s1. The van der Waals surface area contributed by atoms with E-state index in [1.807, 2.05) is 24.3 Å². The van der Waals surface area contributed by atoms with E-state index in [9.17, 15) is 23.3 Å². The number of nitrogens with zero attached hydrogens (tertiary/aromatic N) is 4. The van der Waals surface area contributed by atoms with Crippen molar-refractivity contribution in [2.75, 3.05) is 36.5 Å². The van der Waals surface area contributed by atoms with Crippen molar-refractivity contribution in [1.82, 2.24) is 19.6 Å². The summed E-state index contributed by atoms with van der Waals surface area (Å²) >= 11 is 0. The Hall–Kier alpha value is -5.87. The third kappa shape index (κ3) is 10.1. The maximum absolute atomic E-state index is 14.5. The van der Waals surface area contributed by atoms with Crippen LogP contribution in [-0.2, 0) is 10.0 Å². The molecule has 2 aromatic heterocycles. The van der Waals surface area contributed by atoms with Gasteiger partial charge in [0.15, 0.2) is 17.2 Å². The lowest BCUT2D eigenvalue weighted by Gasteiger charge is -2.56. The van der Waals surface area contributed by atoms with Crippen LogP contribution in [0.15, 0.2) is 77.8 Å². The van der Waals surface area contributed by atoms with Gasteiger partial charge in [0, 0.05) is 60.6 Å². The molecule has 3 N–H and O–H groups in total. The lowest BCUT2D eigenvalue weighted by atomic mass is 9.59. The van der Waals surface area contributed by atoms with Gasteiger partial charge in [0.25, 0.3) is 27.5 Å². The van der Waals surface area contributed by atoms with Crippen LogP contribution in [0.25, 0.3) is 11.0 Å². The molecule has 5 heterocycles. The highest BCUT2D eigenvalue weighted by Gasteiger charge is 2.50. The fraction of sp³-hybridized carbons (Fsp3) is 0.544. The summed E-state index contributed by atoms with van der Waals surface area (Å²) in [6.07, 6.45) is 17.6. The van der Waals surface area contributed by atoms with Crippen LogP contribution in [-0.4, -0.2) is 78.5 Å². The minimum atomic E-state index is -4.68. The molecule has 11 rings (SSSR count). The number of carbonyl (C=O) groups excluding carboxylic acids is 1. The number of pyridine rings is 1. The van der Waals surface area contributed by atoms with Gasteiger partial charge in [-0.1, -0.05) is 58.4 Å². The second-order valence-corrected chi connectivity index (χ2v) is 24.8. The van der Waals surface area contributed by atoms with Gasteiger partial charge >= 0.3 is 0 Å². The van der Waals surface area contributed by atoms with Crippen molar-refractivity contribution >= 4 is 44.0 Å². The van der Waals surface area contributed by atoms with Crippen LogP contribution in [0.3, 0.4) is 0 Å². The number of likely N-dealkylation sites (tertiary alicyclic amines) is 1. The van der Waals surface area contributed by atoms with E-state index in [1.54, 1.807) is 12.3 Å². The Bertz CT molecular complexity index is 2980. The number of nitro groups is 1. The minimum Gasteiger partial charge on any atom is -0.489 e. The minimum absolute atomic E-state index is 0.0384. The van der Waals surface area contributed by atoms with E-state index in [0.717, 1.165) is 107 Å². The van der Waals surface area contributed by atoms with Gasteiger partial charge in [-0.2, -0.15) is 4.98 Å². The number of carbonyl (C=O) groups is 1. The Kier molecular flexibility index (Phi) is 13.4. The maximum Gasteiger partial charge on any atom is 0.297 e. The molecule has 0 bridgehead atoms. The van der Waals surface area contributed by atoms with E-state index in [0.29, 0.717) is 29.4 Å². The first kappa shape index (κ1) is 49.3. The highest BCUT2D eigenvalue weighted by molar-refractivity contribution is 7.90. The van der Waals surface area contributed by atoms with Crippen molar-refractivity contribution in [1.29, 1.82) is 0 Å². The number of anilines is 2. The molecule has 0 radical (unpaired) electrons. The molecule has 3 aliphatic heterocycles. The molecular weight excluding hydrogens is 943 g/mol. The molecule has 16 heteroatoms. The molecule has 2 atom stereocenters. The summed E-state index contributed by atoms with van der Waals surface area (Å²) in [6.45, 7) is 12.1. The summed E-state index contributed by atoms with van der Waals surface area (Å²) in [5.41, 5.74) is 4.63. The average molecular weight is 1010 g/mol. The Morgan fingerprint density at radius 2 is 1.67 bits per heavy atom. The number of nitrogens with one attached hydrogen (secondary N) is 3. The third-order valence-corrected chi connectivity index (χ3v) is 18.8. The number of sulfonamides is 1. The lowest BCUT2D eigenvalue weighted by molar-refractivity contribution is -0.384. The summed E-state index contributed by atoms with van der Waals surface area (Å²) in [4.78, 5) is 39.1. The zero-order valence-corrected chi connectivity index (χ0v) is 43.6. The van der Waals surface area contributed by atoms with E-state index in [1.165, 1.54) is 42.9 Å². The molecule has 3 saturated carbocycles. The number of nitro benzene ring substituents is 1. The van der Waals surface area contributed by atoms with Crippen LogP contribution in [0.2, 0.25) is 0 Å². The van der Waals surface area contributed by atoms with E-state index in [2.05, 4.69) is 76.8 Å². The van der Waals surface area contributed by atoms with Gasteiger partial charge in [0.05, 0.1) is 21.4 Å². The molecule has 1 spiro atoms. The fourth-order valence-corrected chi connectivity index (χ4v) is 14.1. The predicted octanol–water partition coefficient (Wildman–Crippen LogP) is 12.2. The number of hydrogen-bond donors (Lipinski definition) is 3. The number of hydrogen-bond acceptors (Lipinski definition) is 12. The van der Waals surface area contributed by atoms with Crippen LogP contribution < -0.4 is 29.1 Å². The van der Waals surface area contributed by atoms with Gasteiger partial charge in [0.2, 0.25) is 0 Å². The largest absolute Gasteiger partial charge is 0.489 e. The highest BCUT2D eigenvalue weighted by atomic mass is 32.2. The molecule has 2 saturated heterocycles. The van der Waals surface area contributed by atoms with Gasteiger partial charge in [-0.15, -0.1) is 0 Å². The van der Waals surface area contributed by atoms with Crippen molar-refractivity contribution in [2.24, 2.45) is 16.7 Å². The molecule has 15 nitrogen and oxygen atoms in total. The van der Waals surface area contributed by atoms with Crippen molar-refractivity contribution in [2.45, 2.75) is 159 Å².